The molecule has 0 saturated carbocycles. The number of nitrogen functional groups attached to an aromatic ring is 1. The van der Waals surface area contributed by atoms with Crippen molar-refractivity contribution in [2.24, 2.45) is 0 Å². The monoisotopic (exact) mass is 267 g/mol. The third-order valence-electron chi connectivity index (χ3n) is 2.92. The standard InChI is InChI=1S/C14H22FN3O/c1-4-18(9-5-8-17(2)3)14(19)12-10-11(16)6-7-13(12)15/h6-7,10H,4-5,8-9,16H2,1-3H3. The van der Waals surface area contributed by atoms with Crippen LogP contribution in [0.15, 0.2) is 18.2 Å². The smallest absolute Gasteiger partial charge is 0.256 e. The van der Waals surface area contributed by atoms with Gasteiger partial charge in [-0.15, -0.1) is 0 Å². The van der Waals surface area contributed by atoms with Crippen LogP contribution in [0.3, 0.4) is 0 Å². The van der Waals surface area contributed by atoms with Crippen LogP contribution in [0.2, 0.25) is 0 Å². The van der Waals surface area contributed by atoms with Gasteiger partial charge < -0.3 is 15.5 Å². The second kappa shape index (κ2) is 7.09. The molecule has 0 aliphatic rings. The highest BCUT2D eigenvalue weighted by molar-refractivity contribution is 5.95. The van der Waals surface area contributed by atoms with Crippen molar-refractivity contribution < 1.29 is 9.18 Å². The number of rotatable bonds is 6. The van der Waals surface area contributed by atoms with Crippen LogP contribution >= 0.6 is 0 Å². The molecule has 1 amide bonds. The molecule has 0 fully saturated rings. The molecule has 0 heterocycles. The number of hydrogen-bond acceptors (Lipinski definition) is 3. The van der Waals surface area contributed by atoms with E-state index < -0.39 is 5.82 Å². The average molecular weight is 267 g/mol. The lowest BCUT2D eigenvalue weighted by molar-refractivity contribution is 0.0754. The molecule has 0 aliphatic heterocycles. The number of anilines is 1. The molecule has 19 heavy (non-hydrogen) atoms. The molecule has 1 aromatic rings. The Hall–Kier alpha value is -1.62. The van der Waals surface area contributed by atoms with Gasteiger partial charge in [0.2, 0.25) is 0 Å². The highest BCUT2D eigenvalue weighted by atomic mass is 19.1. The highest BCUT2D eigenvalue weighted by Crippen LogP contribution is 2.14. The average Bonchev–Trinajstić information content (AvgIpc) is 2.36. The van der Waals surface area contributed by atoms with Crippen molar-refractivity contribution in [1.29, 1.82) is 0 Å². The summed E-state index contributed by atoms with van der Waals surface area (Å²) < 4.78 is 13.7. The van der Waals surface area contributed by atoms with Crippen molar-refractivity contribution in [2.75, 3.05) is 39.5 Å². The zero-order chi connectivity index (χ0) is 14.4. The van der Waals surface area contributed by atoms with Crippen LogP contribution in [0, 0.1) is 5.82 Å². The number of carbonyl (C=O) groups excluding carboxylic acids is 1. The van der Waals surface area contributed by atoms with Crippen LogP contribution in [0.1, 0.15) is 23.7 Å². The Kier molecular flexibility index (Phi) is 5.76. The fraction of sp³-hybridized carbons (Fsp3) is 0.500. The summed E-state index contributed by atoms with van der Waals surface area (Å²) in [5.41, 5.74) is 6.05. The van der Waals surface area contributed by atoms with Gasteiger partial charge in [0.15, 0.2) is 0 Å². The maximum Gasteiger partial charge on any atom is 0.256 e. The number of carbonyl (C=O) groups is 1. The van der Waals surface area contributed by atoms with Gasteiger partial charge in [0.05, 0.1) is 5.56 Å². The SMILES string of the molecule is CCN(CCCN(C)C)C(=O)c1cc(N)ccc1F. The van der Waals surface area contributed by atoms with Crippen molar-refractivity contribution in [3.63, 3.8) is 0 Å². The summed E-state index contributed by atoms with van der Waals surface area (Å²) in [4.78, 5) is 15.9. The highest BCUT2D eigenvalue weighted by Gasteiger charge is 2.18. The van der Waals surface area contributed by atoms with Crippen LogP contribution in [0.5, 0.6) is 0 Å². The van der Waals surface area contributed by atoms with Gasteiger partial charge in [0.25, 0.3) is 5.91 Å². The number of nitrogens with two attached hydrogens (primary N) is 1. The van der Waals surface area contributed by atoms with E-state index >= 15 is 0 Å². The first kappa shape index (κ1) is 15.4. The quantitative estimate of drug-likeness (QED) is 0.800. The van der Waals surface area contributed by atoms with E-state index in [4.69, 9.17) is 5.73 Å². The molecule has 5 heteroatoms. The molecule has 0 bridgehead atoms. The summed E-state index contributed by atoms with van der Waals surface area (Å²) in [6.07, 6.45) is 0.858. The Morgan fingerprint density at radius 1 is 1.32 bits per heavy atom. The number of benzene rings is 1. The Balaban J connectivity index is 2.75. The molecule has 106 valence electrons. The molecule has 0 unspecified atom stereocenters. The lowest BCUT2D eigenvalue weighted by Crippen LogP contribution is -2.33. The first-order chi connectivity index (χ1) is 8.95. The summed E-state index contributed by atoms with van der Waals surface area (Å²) in [5, 5.41) is 0. The van der Waals surface area contributed by atoms with E-state index in [1.807, 2.05) is 21.0 Å². The molecule has 0 saturated heterocycles. The molecule has 0 atom stereocenters. The molecule has 1 rings (SSSR count). The molecule has 0 aromatic heterocycles. The van der Waals surface area contributed by atoms with Gasteiger partial charge in [-0.2, -0.15) is 0 Å². The molecule has 0 radical (unpaired) electrons. The van der Waals surface area contributed by atoms with Crippen molar-refractivity contribution in [1.82, 2.24) is 9.80 Å². The summed E-state index contributed by atoms with van der Waals surface area (Å²) in [6, 6.07) is 4.08. The van der Waals surface area contributed by atoms with Crippen LogP contribution in [-0.4, -0.2) is 49.4 Å². The van der Waals surface area contributed by atoms with Crippen LogP contribution in [0.4, 0.5) is 10.1 Å². The van der Waals surface area contributed by atoms with Crippen molar-refractivity contribution >= 4 is 11.6 Å². The first-order valence-electron chi connectivity index (χ1n) is 6.44. The van der Waals surface area contributed by atoms with Crippen LogP contribution in [-0.2, 0) is 0 Å². The van der Waals surface area contributed by atoms with Gasteiger partial charge in [0.1, 0.15) is 5.82 Å². The Morgan fingerprint density at radius 3 is 2.58 bits per heavy atom. The van der Waals surface area contributed by atoms with E-state index in [0.29, 0.717) is 18.8 Å². The van der Waals surface area contributed by atoms with E-state index in [1.54, 1.807) is 4.90 Å². The fourth-order valence-corrected chi connectivity index (χ4v) is 1.86. The summed E-state index contributed by atoms with van der Waals surface area (Å²) in [5.74, 6) is -0.823. The Morgan fingerprint density at radius 2 is 2.00 bits per heavy atom. The van der Waals surface area contributed by atoms with Gasteiger partial charge in [-0.05, 0) is 52.2 Å². The fourth-order valence-electron chi connectivity index (χ4n) is 1.86. The van der Waals surface area contributed by atoms with E-state index in [1.165, 1.54) is 18.2 Å². The van der Waals surface area contributed by atoms with Crippen molar-refractivity contribution in [2.45, 2.75) is 13.3 Å². The van der Waals surface area contributed by atoms with Crippen molar-refractivity contribution in [3.05, 3.63) is 29.6 Å². The number of nitrogens with zero attached hydrogens (tertiary/aromatic N) is 2. The first-order valence-corrected chi connectivity index (χ1v) is 6.44. The van der Waals surface area contributed by atoms with Crippen LogP contribution < -0.4 is 5.73 Å². The second-order valence-corrected chi connectivity index (χ2v) is 4.78. The molecular formula is C14H22FN3O. The molecule has 4 nitrogen and oxygen atoms in total. The minimum atomic E-state index is -0.523. The minimum Gasteiger partial charge on any atom is -0.399 e. The molecular weight excluding hydrogens is 245 g/mol. The molecule has 2 N–H and O–H groups in total. The summed E-state index contributed by atoms with van der Waals surface area (Å²) in [7, 11) is 3.96. The molecule has 1 aromatic carbocycles. The number of amides is 1. The third-order valence-corrected chi connectivity index (χ3v) is 2.92. The largest absolute Gasteiger partial charge is 0.399 e. The predicted molar refractivity (Wildman–Crippen MR) is 75.6 cm³/mol. The number of halogens is 1. The maximum absolute atomic E-state index is 13.7. The zero-order valence-electron chi connectivity index (χ0n) is 11.8. The normalized spacial score (nSPS) is 10.8. The minimum absolute atomic E-state index is 0.0479. The maximum atomic E-state index is 13.7. The predicted octanol–water partition coefficient (Wildman–Crippen LogP) is 1.82. The lowest BCUT2D eigenvalue weighted by Gasteiger charge is -2.22. The summed E-state index contributed by atoms with van der Waals surface area (Å²) >= 11 is 0. The van der Waals surface area contributed by atoms with E-state index in [0.717, 1.165) is 13.0 Å². The Labute approximate surface area is 114 Å². The van der Waals surface area contributed by atoms with Gasteiger partial charge in [-0.1, -0.05) is 0 Å². The lowest BCUT2D eigenvalue weighted by atomic mass is 10.1. The zero-order valence-corrected chi connectivity index (χ0v) is 11.8. The van der Waals surface area contributed by atoms with E-state index in [9.17, 15) is 9.18 Å². The van der Waals surface area contributed by atoms with Gasteiger partial charge in [0, 0.05) is 18.8 Å². The van der Waals surface area contributed by atoms with Crippen LogP contribution in [0.25, 0.3) is 0 Å². The topological polar surface area (TPSA) is 49.6 Å². The number of hydrogen-bond donors (Lipinski definition) is 1. The summed E-state index contributed by atoms with van der Waals surface area (Å²) in [6.45, 7) is 3.95. The third kappa shape index (κ3) is 4.52. The van der Waals surface area contributed by atoms with Gasteiger partial charge in [-0.3, -0.25) is 4.79 Å². The molecule has 0 aliphatic carbocycles. The van der Waals surface area contributed by atoms with E-state index in [2.05, 4.69) is 4.90 Å². The van der Waals surface area contributed by atoms with Crippen molar-refractivity contribution in [3.8, 4) is 0 Å². The van der Waals surface area contributed by atoms with Gasteiger partial charge >= 0.3 is 0 Å². The molecule has 0 spiro atoms. The van der Waals surface area contributed by atoms with E-state index in [-0.39, 0.29) is 11.5 Å². The Bertz CT molecular complexity index is 435. The second-order valence-electron chi connectivity index (χ2n) is 4.78. The van der Waals surface area contributed by atoms with Gasteiger partial charge in [-0.25, -0.2) is 4.39 Å².